The van der Waals surface area contributed by atoms with E-state index in [2.05, 4.69) is 40.8 Å². The number of aryl methyl sites for hydroxylation is 1. The minimum atomic E-state index is -0.489. The van der Waals surface area contributed by atoms with Gasteiger partial charge in [-0.05, 0) is 76.6 Å². The molecule has 3 aromatic rings. The fraction of sp³-hybridized carbons (Fsp3) is 0.571. The number of rotatable bonds is 4. The minimum absolute atomic E-state index is 0.131. The standard InChI is InChI=1S/C28H38N6O4/c1-18-13-21-16-29-34(25-15-24(30-26(31-25)36-6)33-11-12-37-19(2)17-33)23(21)14-22(18)20-7-9-32(10-8-20)27(35)38-28(3,4)5/h13-16,19-20H,7-12,17H2,1-6H3/t19-/m0/s1. The average Bonchev–Trinajstić information content (AvgIpc) is 3.29. The summed E-state index contributed by atoms with van der Waals surface area (Å²) >= 11 is 0. The van der Waals surface area contributed by atoms with Crippen LogP contribution in [0.15, 0.2) is 24.4 Å². The molecule has 0 unspecified atom stereocenters. The van der Waals surface area contributed by atoms with Crippen molar-refractivity contribution in [3.63, 3.8) is 0 Å². The SMILES string of the molecule is COc1nc(N2CCO[C@@H](C)C2)cc(-n2ncc3cc(C)c(C4CCN(C(=O)OC(C)(C)C)CC4)cc32)n1. The highest BCUT2D eigenvalue weighted by Crippen LogP contribution is 2.34. The Morgan fingerprint density at radius 1 is 1.08 bits per heavy atom. The number of aromatic nitrogens is 4. The molecule has 0 bridgehead atoms. The molecule has 2 aromatic heterocycles. The predicted molar refractivity (Wildman–Crippen MR) is 145 cm³/mol. The summed E-state index contributed by atoms with van der Waals surface area (Å²) in [6.45, 7) is 13.4. The van der Waals surface area contributed by atoms with Gasteiger partial charge in [0, 0.05) is 37.6 Å². The van der Waals surface area contributed by atoms with E-state index in [1.807, 2.05) is 42.6 Å². The molecule has 2 aliphatic rings. The number of anilines is 1. The Labute approximate surface area is 223 Å². The largest absolute Gasteiger partial charge is 0.467 e. The first-order chi connectivity index (χ1) is 18.1. The van der Waals surface area contributed by atoms with Gasteiger partial charge in [0.15, 0.2) is 5.82 Å². The van der Waals surface area contributed by atoms with Gasteiger partial charge < -0.3 is 24.0 Å². The van der Waals surface area contributed by atoms with E-state index >= 15 is 0 Å². The summed E-state index contributed by atoms with van der Waals surface area (Å²) in [7, 11) is 1.58. The summed E-state index contributed by atoms with van der Waals surface area (Å²) in [4.78, 5) is 25.8. The predicted octanol–water partition coefficient (Wildman–Crippen LogP) is 4.47. The van der Waals surface area contributed by atoms with Crippen LogP contribution in [-0.4, -0.2) is 82.3 Å². The Bertz CT molecular complexity index is 1310. The van der Waals surface area contributed by atoms with E-state index in [1.165, 1.54) is 11.1 Å². The number of piperidine rings is 1. The quantitative estimate of drug-likeness (QED) is 0.495. The van der Waals surface area contributed by atoms with Crippen molar-refractivity contribution >= 4 is 22.8 Å². The van der Waals surface area contributed by atoms with E-state index in [4.69, 9.17) is 19.3 Å². The van der Waals surface area contributed by atoms with E-state index in [0.29, 0.717) is 37.4 Å². The van der Waals surface area contributed by atoms with Gasteiger partial charge in [-0.25, -0.2) is 9.48 Å². The van der Waals surface area contributed by atoms with Crippen LogP contribution in [0.3, 0.4) is 0 Å². The highest BCUT2D eigenvalue weighted by atomic mass is 16.6. The van der Waals surface area contributed by atoms with Crippen LogP contribution in [0.25, 0.3) is 16.7 Å². The van der Waals surface area contributed by atoms with E-state index in [0.717, 1.165) is 42.7 Å². The van der Waals surface area contributed by atoms with E-state index in [-0.39, 0.29) is 12.2 Å². The maximum atomic E-state index is 12.5. The molecule has 1 aromatic carbocycles. The second-order valence-electron chi connectivity index (χ2n) is 11.3. The summed E-state index contributed by atoms with van der Waals surface area (Å²) in [6, 6.07) is 6.70. The molecule has 204 valence electrons. The lowest BCUT2D eigenvalue weighted by molar-refractivity contribution is 0.0204. The molecule has 0 spiro atoms. The number of benzene rings is 1. The van der Waals surface area contributed by atoms with Gasteiger partial charge >= 0.3 is 12.1 Å². The molecule has 1 atom stereocenters. The van der Waals surface area contributed by atoms with Gasteiger partial charge in [0.25, 0.3) is 0 Å². The Hall–Kier alpha value is -3.40. The first-order valence-corrected chi connectivity index (χ1v) is 13.4. The molecule has 2 aliphatic heterocycles. The third-order valence-electron chi connectivity index (χ3n) is 7.19. The molecule has 0 saturated carbocycles. The zero-order valence-electron chi connectivity index (χ0n) is 23.2. The molecule has 10 heteroatoms. The number of carbonyl (C=O) groups is 1. The minimum Gasteiger partial charge on any atom is -0.467 e. The van der Waals surface area contributed by atoms with Crippen molar-refractivity contribution in [2.75, 3.05) is 44.8 Å². The third-order valence-corrected chi connectivity index (χ3v) is 7.19. The number of hydrogen-bond acceptors (Lipinski definition) is 8. The molecular weight excluding hydrogens is 484 g/mol. The fourth-order valence-corrected chi connectivity index (χ4v) is 5.32. The smallest absolute Gasteiger partial charge is 0.410 e. The van der Waals surface area contributed by atoms with Gasteiger partial charge in [0.2, 0.25) is 0 Å². The van der Waals surface area contributed by atoms with Gasteiger partial charge in [0.05, 0.1) is 31.5 Å². The van der Waals surface area contributed by atoms with Crippen molar-refractivity contribution in [1.29, 1.82) is 0 Å². The molecule has 5 rings (SSSR count). The maximum Gasteiger partial charge on any atom is 0.410 e. The summed E-state index contributed by atoms with van der Waals surface area (Å²) in [5.41, 5.74) is 3.02. The Morgan fingerprint density at radius 2 is 1.82 bits per heavy atom. The highest BCUT2D eigenvalue weighted by molar-refractivity contribution is 5.82. The first-order valence-electron chi connectivity index (χ1n) is 13.4. The molecule has 10 nitrogen and oxygen atoms in total. The molecule has 4 heterocycles. The van der Waals surface area contributed by atoms with E-state index in [9.17, 15) is 4.79 Å². The monoisotopic (exact) mass is 522 g/mol. The van der Waals surface area contributed by atoms with Gasteiger partial charge in [-0.3, -0.25) is 0 Å². The van der Waals surface area contributed by atoms with E-state index in [1.54, 1.807) is 7.11 Å². The number of amides is 1. The highest BCUT2D eigenvalue weighted by Gasteiger charge is 2.29. The van der Waals surface area contributed by atoms with Crippen LogP contribution in [0.4, 0.5) is 10.6 Å². The summed E-state index contributed by atoms with van der Waals surface area (Å²) in [5.74, 6) is 1.81. The molecule has 0 aliphatic carbocycles. The Morgan fingerprint density at radius 3 is 2.50 bits per heavy atom. The first kappa shape index (κ1) is 26.2. The number of hydrogen-bond donors (Lipinski definition) is 0. The zero-order chi connectivity index (χ0) is 27.0. The lowest BCUT2D eigenvalue weighted by Crippen LogP contribution is -2.41. The molecule has 0 N–H and O–H groups in total. The molecule has 38 heavy (non-hydrogen) atoms. The maximum absolute atomic E-state index is 12.5. The number of carbonyl (C=O) groups excluding carboxylic acids is 1. The number of likely N-dealkylation sites (tertiary alicyclic amines) is 1. The second-order valence-corrected chi connectivity index (χ2v) is 11.3. The Balaban J connectivity index is 1.42. The number of ether oxygens (including phenoxy) is 3. The van der Waals surface area contributed by atoms with Crippen LogP contribution >= 0.6 is 0 Å². The van der Waals surface area contributed by atoms with Gasteiger partial charge in [-0.1, -0.05) is 0 Å². The van der Waals surface area contributed by atoms with Crippen molar-refractivity contribution < 1.29 is 19.0 Å². The summed E-state index contributed by atoms with van der Waals surface area (Å²) in [5, 5.41) is 5.75. The second kappa shape index (κ2) is 10.4. The van der Waals surface area contributed by atoms with E-state index < -0.39 is 5.60 Å². The normalized spacial score (nSPS) is 19.2. The van der Waals surface area contributed by atoms with Crippen LogP contribution in [0, 0.1) is 6.92 Å². The molecule has 1 amide bonds. The lowest BCUT2D eigenvalue weighted by Gasteiger charge is -2.34. The molecule has 0 radical (unpaired) electrons. The van der Waals surface area contributed by atoms with Crippen LogP contribution in [-0.2, 0) is 9.47 Å². The van der Waals surface area contributed by atoms with Gasteiger partial charge in [-0.15, -0.1) is 0 Å². The van der Waals surface area contributed by atoms with Crippen molar-refractivity contribution in [3.8, 4) is 11.8 Å². The topological polar surface area (TPSA) is 94.8 Å². The van der Waals surface area contributed by atoms with Gasteiger partial charge in [-0.2, -0.15) is 15.1 Å². The van der Waals surface area contributed by atoms with Crippen molar-refractivity contribution in [2.45, 2.75) is 65.1 Å². The number of morpholine rings is 1. The number of fused-ring (bicyclic) bond motifs is 1. The van der Waals surface area contributed by atoms with Crippen LogP contribution in [0.2, 0.25) is 0 Å². The average molecular weight is 523 g/mol. The van der Waals surface area contributed by atoms with Crippen LogP contribution < -0.4 is 9.64 Å². The molecule has 2 fully saturated rings. The summed E-state index contributed by atoms with van der Waals surface area (Å²) in [6.07, 6.45) is 3.55. The van der Waals surface area contributed by atoms with Gasteiger partial charge in [0.1, 0.15) is 11.4 Å². The van der Waals surface area contributed by atoms with Crippen molar-refractivity contribution in [3.05, 3.63) is 35.5 Å². The number of nitrogens with zero attached hydrogens (tertiary/aromatic N) is 6. The van der Waals surface area contributed by atoms with Crippen molar-refractivity contribution in [2.24, 2.45) is 0 Å². The van der Waals surface area contributed by atoms with Crippen LogP contribution in [0.1, 0.15) is 57.6 Å². The summed E-state index contributed by atoms with van der Waals surface area (Å²) < 4.78 is 18.6. The third kappa shape index (κ3) is 5.55. The lowest BCUT2D eigenvalue weighted by atomic mass is 9.86. The number of methoxy groups -OCH3 is 1. The zero-order valence-corrected chi connectivity index (χ0v) is 23.2. The Kier molecular flexibility index (Phi) is 7.17. The van der Waals surface area contributed by atoms with Crippen molar-refractivity contribution in [1.82, 2.24) is 24.6 Å². The molecular formula is C28H38N6O4. The molecule has 2 saturated heterocycles. The van der Waals surface area contributed by atoms with Crippen LogP contribution in [0.5, 0.6) is 6.01 Å². The fourth-order valence-electron chi connectivity index (χ4n) is 5.32.